The monoisotopic (exact) mass is 900 g/mol. The molecular formula is C64H65N3O. The van der Waals surface area contributed by atoms with Crippen LogP contribution in [0.4, 0.5) is 0 Å². The minimum atomic E-state index is -2.57. The van der Waals surface area contributed by atoms with Gasteiger partial charge in [-0.3, -0.25) is 9.55 Å². The Labute approximate surface area is 415 Å². The minimum Gasteiger partial charge on any atom is -0.507 e. The maximum absolute atomic E-state index is 12.6. The van der Waals surface area contributed by atoms with Crippen molar-refractivity contribution in [2.45, 2.75) is 106 Å². The van der Waals surface area contributed by atoms with Gasteiger partial charge < -0.3 is 5.11 Å². The van der Waals surface area contributed by atoms with Gasteiger partial charge in [0, 0.05) is 33.9 Å². The van der Waals surface area contributed by atoms with Gasteiger partial charge in [-0.2, -0.15) is 0 Å². The number of rotatable bonds is 9. The average molecular weight is 900 g/mol. The highest BCUT2D eigenvalue weighted by atomic mass is 16.3. The average Bonchev–Trinajstić information content (AvgIpc) is 3.81. The van der Waals surface area contributed by atoms with Gasteiger partial charge >= 0.3 is 0 Å². The number of aryl methyl sites for hydroxylation is 2. The van der Waals surface area contributed by atoms with E-state index in [9.17, 15) is 7.85 Å². The molecule has 0 saturated carbocycles. The van der Waals surface area contributed by atoms with Gasteiger partial charge in [-0.15, -0.1) is 0 Å². The van der Waals surface area contributed by atoms with Crippen molar-refractivity contribution < 1.29 is 16.1 Å². The highest BCUT2D eigenvalue weighted by Gasteiger charge is 2.27. The Morgan fingerprint density at radius 2 is 1.24 bits per heavy atom. The first-order valence-corrected chi connectivity index (χ1v) is 23.4. The number of hydrogen-bond donors (Lipinski definition) is 1. The lowest BCUT2D eigenvalue weighted by atomic mass is 9.83. The molecule has 342 valence electrons. The summed E-state index contributed by atoms with van der Waals surface area (Å²) in [6, 6.07) is 48.3. The lowest BCUT2D eigenvalue weighted by molar-refractivity contribution is 0.466. The summed E-state index contributed by atoms with van der Waals surface area (Å²) < 4.78 is 71.5. The zero-order valence-corrected chi connectivity index (χ0v) is 40.8. The van der Waals surface area contributed by atoms with Crippen molar-refractivity contribution in [1.82, 2.24) is 14.5 Å². The highest BCUT2D eigenvalue weighted by molar-refractivity contribution is 5.98. The standard InChI is InChI=1S/C64H65N3O/c1-39(2)47-35-53(40(3)4)61(68)56(36-47)62-66-60-52(48-32-49(34-51(33-48)64(10,11)12)57-37-46(29-30-65-57)43-23-21-41(5)22-24-43)19-16-20-58(60)67(62)59-31-42(6)54(38-55(59)44-17-14-13-15-18-44)45-25-27-50(28-26-45)63(7,8)9/h13-40,68H,1-12H3/i5D3,6D3,39D,40D. The fourth-order valence-electron chi connectivity index (χ4n) is 9.04. The Kier molecular flexibility index (Phi) is 9.73. The van der Waals surface area contributed by atoms with Gasteiger partial charge in [0.15, 0.2) is 0 Å². The van der Waals surface area contributed by atoms with Crippen molar-refractivity contribution >= 4 is 11.0 Å². The Morgan fingerprint density at radius 1 is 0.544 bits per heavy atom. The summed E-state index contributed by atoms with van der Waals surface area (Å²) in [5, 5.41) is 12.6. The SMILES string of the molecule is [2H]C([2H])([2H])c1ccc(-c2ccnc(-c3cc(-c4cccc5c4nc(-c4cc(C([2H])(C)C)cc(C([2H])(C)C)c4O)n5-c4cc(C([2H])([2H])[2H])c(-c5ccc(C(C)(C)C)cc5)cc4-c4ccccc4)cc(C(C)(C)C)c3)c2)cc1. The van der Waals surface area contributed by atoms with E-state index in [1.165, 1.54) is 0 Å². The molecule has 2 aromatic heterocycles. The molecule has 1 N–H and O–H groups in total. The molecule has 0 atom stereocenters. The number of phenolic OH excluding ortho intramolecular Hbond substituents is 1. The first-order chi connectivity index (χ1) is 35.4. The van der Waals surface area contributed by atoms with Crippen LogP contribution in [0.25, 0.3) is 83.9 Å². The molecule has 0 spiro atoms. The molecule has 4 heteroatoms. The molecule has 0 amide bonds. The number of phenols is 1. The molecule has 9 aromatic rings. The summed E-state index contributed by atoms with van der Waals surface area (Å²) in [6.07, 6.45) is 1.76. The second kappa shape index (κ2) is 17.9. The van der Waals surface area contributed by atoms with Crippen molar-refractivity contribution in [3.63, 3.8) is 0 Å². The lowest BCUT2D eigenvalue weighted by Gasteiger charge is -2.22. The van der Waals surface area contributed by atoms with Crippen LogP contribution in [0.2, 0.25) is 0 Å². The summed E-state index contributed by atoms with van der Waals surface area (Å²) in [5.41, 5.74) is 12.8. The third-order valence-corrected chi connectivity index (χ3v) is 13.1. The molecule has 4 nitrogen and oxygen atoms in total. The number of nitrogens with zero attached hydrogens (tertiary/aromatic N) is 3. The van der Waals surface area contributed by atoms with Crippen LogP contribution in [0.5, 0.6) is 5.75 Å². The van der Waals surface area contributed by atoms with E-state index in [0.717, 1.165) is 55.6 Å². The molecule has 7 aromatic carbocycles. The zero-order chi connectivity index (χ0) is 55.1. The first-order valence-electron chi connectivity index (χ1n) is 27.4. The smallest absolute Gasteiger partial charge is 0.149 e. The van der Waals surface area contributed by atoms with E-state index < -0.39 is 25.5 Å². The Hall–Kier alpha value is -7.04. The number of benzene rings is 7. The molecule has 0 unspecified atom stereocenters. The van der Waals surface area contributed by atoms with Gasteiger partial charge in [-0.25, -0.2) is 4.98 Å². The first kappa shape index (κ1) is 37.0. The molecule has 0 fully saturated rings. The fraction of sp³-hybridized carbons (Fsp3) is 0.250. The second-order valence-corrected chi connectivity index (χ2v) is 20.5. The maximum Gasteiger partial charge on any atom is 0.149 e. The summed E-state index contributed by atoms with van der Waals surface area (Å²) in [6.45, 7) is 15.1. The van der Waals surface area contributed by atoms with E-state index in [1.54, 1.807) is 64.2 Å². The van der Waals surface area contributed by atoms with Crippen LogP contribution < -0.4 is 0 Å². The van der Waals surface area contributed by atoms with Crippen LogP contribution in [0.15, 0.2) is 158 Å². The van der Waals surface area contributed by atoms with Crippen molar-refractivity contribution in [2.75, 3.05) is 0 Å². The van der Waals surface area contributed by atoms with Crippen LogP contribution in [0, 0.1) is 13.7 Å². The molecule has 0 aliphatic rings. The van der Waals surface area contributed by atoms with Gasteiger partial charge in [0.2, 0.25) is 0 Å². The van der Waals surface area contributed by atoms with Crippen LogP contribution >= 0.6 is 0 Å². The molecule has 0 aliphatic heterocycles. The molecule has 0 bridgehead atoms. The third kappa shape index (κ3) is 8.93. The second-order valence-electron chi connectivity index (χ2n) is 20.5. The number of hydrogen-bond acceptors (Lipinski definition) is 3. The van der Waals surface area contributed by atoms with E-state index in [1.807, 2.05) is 95.6 Å². The third-order valence-electron chi connectivity index (χ3n) is 13.1. The summed E-state index contributed by atoms with van der Waals surface area (Å²) in [5.74, 6) is -2.28. The Morgan fingerprint density at radius 3 is 1.90 bits per heavy atom. The molecule has 2 heterocycles. The van der Waals surface area contributed by atoms with Crippen molar-refractivity contribution in [3.05, 3.63) is 191 Å². The van der Waals surface area contributed by atoms with Gasteiger partial charge in [-0.1, -0.05) is 178 Å². The van der Waals surface area contributed by atoms with E-state index in [-0.39, 0.29) is 27.7 Å². The predicted molar refractivity (Wildman–Crippen MR) is 288 cm³/mol. The number of fused-ring (bicyclic) bond motifs is 1. The maximum atomic E-state index is 12.6. The van der Waals surface area contributed by atoms with E-state index >= 15 is 0 Å². The Bertz CT molecular complexity index is 3640. The fourth-order valence-corrected chi connectivity index (χ4v) is 9.04. The largest absolute Gasteiger partial charge is 0.507 e. The molecule has 68 heavy (non-hydrogen) atoms. The number of pyridine rings is 1. The number of aromatic hydroxyl groups is 1. The summed E-state index contributed by atoms with van der Waals surface area (Å²) in [4.78, 5) is 10.4. The zero-order valence-electron chi connectivity index (χ0n) is 48.8. The topological polar surface area (TPSA) is 50.9 Å². The molecule has 0 aliphatic carbocycles. The van der Waals surface area contributed by atoms with Crippen molar-refractivity contribution in [1.29, 1.82) is 0 Å². The molecule has 9 rings (SSSR count). The van der Waals surface area contributed by atoms with Gasteiger partial charge in [0.1, 0.15) is 11.6 Å². The molecular weight excluding hydrogens is 827 g/mol. The van der Waals surface area contributed by atoms with Gasteiger partial charge in [-0.05, 0) is 146 Å². The van der Waals surface area contributed by atoms with Crippen LogP contribution in [0.1, 0.15) is 125 Å². The van der Waals surface area contributed by atoms with Crippen molar-refractivity contribution in [3.8, 4) is 78.6 Å². The number of aromatic nitrogens is 3. The number of imidazole rings is 1. The van der Waals surface area contributed by atoms with E-state index in [0.29, 0.717) is 50.5 Å². The summed E-state index contributed by atoms with van der Waals surface area (Å²) >= 11 is 0. The lowest BCUT2D eigenvalue weighted by Crippen LogP contribution is -2.11. The molecule has 0 radical (unpaired) electrons. The Balaban J connectivity index is 1.37. The van der Waals surface area contributed by atoms with Gasteiger partial charge in [0.05, 0.1) is 28.0 Å². The van der Waals surface area contributed by atoms with Crippen LogP contribution in [0.3, 0.4) is 0 Å². The van der Waals surface area contributed by atoms with Crippen molar-refractivity contribution in [2.24, 2.45) is 0 Å². The number of para-hydroxylation sites is 1. The minimum absolute atomic E-state index is 0.119. The van der Waals surface area contributed by atoms with Gasteiger partial charge in [0.25, 0.3) is 0 Å². The summed E-state index contributed by atoms with van der Waals surface area (Å²) in [7, 11) is 0. The quantitative estimate of drug-likeness (QED) is 0.157. The van der Waals surface area contributed by atoms with E-state index in [2.05, 4.69) is 71.9 Å². The van der Waals surface area contributed by atoms with Crippen LogP contribution in [-0.4, -0.2) is 19.6 Å². The predicted octanol–water partition coefficient (Wildman–Crippen LogP) is 17.6. The van der Waals surface area contributed by atoms with E-state index in [4.69, 9.17) is 18.2 Å². The normalized spacial score (nSPS) is 14.6. The molecule has 0 saturated heterocycles. The highest BCUT2D eigenvalue weighted by Crippen LogP contribution is 2.45. The van der Waals surface area contributed by atoms with Crippen LogP contribution in [-0.2, 0) is 10.8 Å².